The van der Waals surface area contributed by atoms with Crippen molar-refractivity contribution in [1.82, 2.24) is 5.43 Å². The van der Waals surface area contributed by atoms with E-state index in [0.717, 1.165) is 0 Å². The number of carbonyl (C=O) groups excluding carboxylic acids is 2. The Hall–Kier alpha value is -3.06. The van der Waals surface area contributed by atoms with Crippen LogP contribution in [0.25, 0.3) is 0 Å². The summed E-state index contributed by atoms with van der Waals surface area (Å²) >= 11 is 5.92. The summed E-state index contributed by atoms with van der Waals surface area (Å²) in [5.41, 5.74) is 3.00. The molecule has 0 saturated heterocycles. The summed E-state index contributed by atoms with van der Waals surface area (Å²) in [5, 5.41) is 16.5. The lowest BCUT2D eigenvalue weighted by molar-refractivity contribution is -0.126. The van der Waals surface area contributed by atoms with Crippen molar-refractivity contribution in [2.45, 2.75) is 6.42 Å². The van der Waals surface area contributed by atoms with E-state index in [1.165, 1.54) is 13.3 Å². The van der Waals surface area contributed by atoms with Gasteiger partial charge in [-0.3, -0.25) is 9.59 Å². The van der Waals surface area contributed by atoms with E-state index in [-0.39, 0.29) is 11.5 Å². The lowest BCUT2D eigenvalue weighted by Gasteiger charge is -2.06. The van der Waals surface area contributed by atoms with Gasteiger partial charge in [-0.25, -0.2) is 5.43 Å². The molecule has 7 nitrogen and oxygen atoms in total. The van der Waals surface area contributed by atoms with Crippen molar-refractivity contribution >= 4 is 35.3 Å². The third kappa shape index (κ3) is 5.22. The summed E-state index contributed by atoms with van der Waals surface area (Å²) in [6, 6.07) is 11.5. The molecular formula is C17H16ClN3O4. The van der Waals surface area contributed by atoms with E-state index in [0.29, 0.717) is 16.3 Å². The number of nitrogens with zero attached hydrogens (tertiary/aromatic N) is 1. The number of aromatic hydroxyl groups is 1. The summed E-state index contributed by atoms with van der Waals surface area (Å²) < 4.78 is 4.97. The molecule has 0 aliphatic carbocycles. The zero-order chi connectivity index (χ0) is 18.2. The topological polar surface area (TPSA) is 100 Å². The standard InChI is InChI=1S/C17H16ClN3O4/c1-25-14-8-4-5-11(17(14)24)10-19-21-16(23)9-15(22)20-13-7-3-2-6-12(13)18/h2-8,10,24H,9H2,1H3,(H,20,22)(H,21,23). The average molecular weight is 362 g/mol. The van der Waals surface area contributed by atoms with E-state index < -0.39 is 18.2 Å². The van der Waals surface area contributed by atoms with Crippen molar-refractivity contribution in [3.8, 4) is 11.5 Å². The number of hydrazone groups is 1. The molecule has 0 radical (unpaired) electrons. The lowest BCUT2D eigenvalue weighted by Crippen LogP contribution is -2.24. The summed E-state index contributed by atoms with van der Waals surface area (Å²) in [5.74, 6) is -0.943. The van der Waals surface area contributed by atoms with E-state index in [1.807, 2.05) is 0 Å². The van der Waals surface area contributed by atoms with Gasteiger partial charge in [-0.1, -0.05) is 29.8 Å². The van der Waals surface area contributed by atoms with Crippen LogP contribution in [-0.4, -0.2) is 30.2 Å². The quantitative estimate of drug-likeness (QED) is 0.418. The molecular weight excluding hydrogens is 346 g/mol. The molecule has 0 unspecified atom stereocenters. The molecule has 2 aromatic rings. The number of phenolic OH excluding ortho intramolecular Hbond substituents is 1. The fraction of sp³-hybridized carbons (Fsp3) is 0.118. The molecule has 3 N–H and O–H groups in total. The predicted octanol–water partition coefficient (Wildman–Crippen LogP) is 2.53. The largest absolute Gasteiger partial charge is 0.504 e. The molecule has 0 atom stereocenters. The Morgan fingerprint density at radius 2 is 1.96 bits per heavy atom. The highest BCUT2D eigenvalue weighted by Crippen LogP contribution is 2.27. The normalized spacial score (nSPS) is 10.5. The summed E-state index contributed by atoms with van der Waals surface area (Å²) in [7, 11) is 1.43. The number of ether oxygens (including phenoxy) is 1. The predicted molar refractivity (Wildman–Crippen MR) is 95.1 cm³/mol. The first kappa shape index (κ1) is 18.3. The minimum Gasteiger partial charge on any atom is -0.504 e. The first-order chi connectivity index (χ1) is 12.0. The second-order valence-corrected chi connectivity index (χ2v) is 5.30. The fourth-order valence-corrected chi connectivity index (χ4v) is 2.11. The Morgan fingerprint density at radius 1 is 1.20 bits per heavy atom. The van der Waals surface area contributed by atoms with E-state index in [1.54, 1.807) is 42.5 Å². The second-order valence-electron chi connectivity index (χ2n) is 4.90. The monoisotopic (exact) mass is 361 g/mol. The molecule has 8 heteroatoms. The molecule has 25 heavy (non-hydrogen) atoms. The molecule has 0 heterocycles. The van der Waals surface area contributed by atoms with E-state index >= 15 is 0 Å². The van der Waals surface area contributed by atoms with Crippen molar-refractivity contribution in [2.75, 3.05) is 12.4 Å². The third-order valence-electron chi connectivity index (χ3n) is 3.11. The lowest BCUT2D eigenvalue weighted by atomic mass is 10.2. The molecule has 2 rings (SSSR count). The minimum atomic E-state index is -0.608. The third-order valence-corrected chi connectivity index (χ3v) is 3.44. The highest BCUT2D eigenvalue weighted by atomic mass is 35.5. The minimum absolute atomic E-state index is 0.0977. The number of phenols is 1. The van der Waals surface area contributed by atoms with Gasteiger partial charge in [0.15, 0.2) is 11.5 Å². The van der Waals surface area contributed by atoms with Gasteiger partial charge in [-0.15, -0.1) is 0 Å². The van der Waals surface area contributed by atoms with Gasteiger partial charge in [-0.2, -0.15) is 5.10 Å². The molecule has 0 fully saturated rings. The Labute approximate surface area is 149 Å². The van der Waals surface area contributed by atoms with Crippen LogP contribution in [0.3, 0.4) is 0 Å². The average Bonchev–Trinajstić information content (AvgIpc) is 2.58. The zero-order valence-electron chi connectivity index (χ0n) is 13.3. The number of benzene rings is 2. The highest BCUT2D eigenvalue weighted by molar-refractivity contribution is 6.33. The first-order valence-corrected chi connectivity index (χ1v) is 7.61. The van der Waals surface area contributed by atoms with Crippen LogP contribution in [0, 0.1) is 0 Å². The van der Waals surface area contributed by atoms with Crippen LogP contribution < -0.4 is 15.5 Å². The Bertz CT molecular complexity index is 808. The van der Waals surface area contributed by atoms with Gasteiger partial charge in [0.25, 0.3) is 0 Å². The number of halogens is 1. The SMILES string of the molecule is COc1cccc(C=NNC(=O)CC(=O)Nc2ccccc2Cl)c1O. The smallest absolute Gasteiger partial charge is 0.249 e. The molecule has 0 aliphatic rings. The summed E-state index contributed by atoms with van der Waals surface area (Å²) in [6.07, 6.45) is 0.828. The summed E-state index contributed by atoms with van der Waals surface area (Å²) in [6.45, 7) is 0. The second kappa shape index (κ2) is 8.70. The Morgan fingerprint density at radius 3 is 2.68 bits per heavy atom. The maximum Gasteiger partial charge on any atom is 0.249 e. The van der Waals surface area contributed by atoms with E-state index in [2.05, 4.69) is 15.8 Å². The number of nitrogens with one attached hydrogen (secondary N) is 2. The van der Waals surface area contributed by atoms with Gasteiger partial charge in [0.05, 0.1) is 24.0 Å². The molecule has 2 amide bonds. The number of methoxy groups -OCH3 is 1. The Balaban J connectivity index is 1.88. The Kier molecular flexibility index (Phi) is 6.36. The number of hydrogen-bond acceptors (Lipinski definition) is 5. The van der Waals surface area contributed by atoms with Crippen molar-refractivity contribution in [3.05, 3.63) is 53.1 Å². The first-order valence-electron chi connectivity index (χ1n) is 7.23. The molecule has 0 aromatic heterocycles. The number of hydrogen-bond donors (Lipinski definition) is 3. The number of rotatable bonds is 6. The van der Waals surface area contributed by atoms with Crippen LogP contribution in [0.2, 0.25) is 5.02 Å². The van der Waals surface area contributed by atoms with Crippen molar-refractivity contribution < 1.29 is 19.4 Å². The van der Waals surface area contributed by atoms with Crippen molar-refractivity contribution in [3.63, 3.8) is 0 Å². The van der Waals surface area contributed by atoms with Crippen LogP contribution in [0.1, 0.15) is 12.0 Å². The van der Waals surface area contributed by atoms with Crippen LogP contribution in [0.5, 0.6) is 11.5 Å². The van der Waals surface area contributed by atoms with E-state index in [9.17, 15) is 14.7 Å². The number of carbonyl (C=O) groups is 2. The number of anilines is 1. The maximum absolute atomic E-state index is 11.8. The van der Waals surface area contributed by atoms with E-state index in [4.69, 9.17) is 16.3 Å². The highest BCUT2D eigenvalue weighted by Gasteiger charge is 2.10. The van der Waals surface area contributed by atoms with Crippen LogP contribution in [0.15, 0.2) is 47.6 Å². The molecule has 0 aliphatic heterocycles. The maximum atomic E-state index is 11.8. The van der Waals surface area contributed by atoms with Gasteiger partial charge in [0, 0.05) is 5.56 Å². The molecule has 0 saturated carbocycles. The molecule has 130 valence electrons. The van der Waals surface area contributed by atoms with Gasteiger partial charge in [-0.05, 0) is 24.3 Å². The fourth-order valence-electron chi connectivity index (χ4n) is 1.92. The van der Waals surface area contributed by atoms with Crippen molar-refractivity contribution in [2.24, 2.45) is 5.10 Å². The molecule has 0 spiro atoms. The van der Waals surface area contributed by atoms with Gasteiger partial charge < -0.3 is 15.2 Å². The van der Waals surface area contributed by atoms with Crippen LogP contribution in [-0.2, 0) is 9.59 Å². The summed E-state index contributed by atoms with van der Waals surface area (Å²) in [4.78, 5) is 23.5. The zero-order valence-corrected chi connectivity index (χ0v) is 14.1. The molecule has 0 bridgehead atoms. The van der Waals surface area contributed by atoms with Gasteiger partial charge in [0.1, 0.15) is 6.42 Å². The van der Waals surface area contributed by atoms with Crippen LogP contribution in [0.4, 0.5) is 5.69 Å². The molecule has 2 aromatic carbocycles. The van der Waals surface area contributed by atoms with Crippen LogP contribution >= 0.6 is 11.6 Å². The van der Waals surface area contributed by atoms with Crippen molar-refractivity contribution in [1.29, 1.82) is 0 Å². The number of para-hydroxylation sites is 2. The van der Waals surface area contributed by atoms with Gasteiger partial charge >= 0.3 is 0 Å². The number of amides is 2. The van der Waals surface area contributed by atoms with Gasteiger partial charge in [0.2, 0.25) is 11.8 Å².